The number of para-hydroxylation sites is 1. The van der Waals surface area contributed by atoms with Crippen molar-refractivity contribution in [2.75, 3.05) is 18.5 Å². The van der Waals surface area contributed by atoms with Gasteiger partial charge in [0, 0.05) is 12.1 Å². The third kappa shape index (κ3) is 4.45. The van der Waals surface area contributed by atoms with Gasteiger partial charge < -0.3 is 15.2 Å². The summed E-state index contributed by atoms with van der Waals surface area (Å²) in [6.45, 7) is 6.18. The van der Waals surface area contributed by atoms with Crippen LogP contribution >= 0.6 is 0 Å². The van der Waals surface area contributed by atoms with E-state index in [9.17, 15) is 14.7 Å². The van der Waals surface area contributed by atoms with Crippen molar-refractivity contribution in [2.24, 2.45) is 5.92 Å². The predicted molar refractivity (Wildman–Crippen MR) is 87.1 cm³/mol. The Kier molecular flexibility index (Phi) is 5.60. The van der Waals surface area contributed by atoms with Crippen molar-refractivity contribution in [3.05, 3.63) is 29.8 Å². The Bertz CT molecular complexity index is 573. The summed E-state index contributed by atoms with van der Waals surface area (Å²) in [5, 5.41) is 12.7. The summed E-state index contributed by atoms with van der Waals surface area (Å²) in [5.41, 5.74) is 1.64. The molecule has 126 valence electrons. The standard InChI is InChI=1S/C17H24N2O4/c1-11(2)10-23-17(22)19-9-13(20)8-15(19)16(21)18-14-7-5-4-6-12(14)3/h4-7,11,13,15,20H,8-10H2,1-3H3,(H,18,21)/t13-,15+/m1/s1. The molecule has 6 nitrogen and oxygen atoms in total. The minimum atomic E-state index is -0.718. The van der Waals surface area contributed by atoms with Gasteiger partial charge in [-0.3, -0.25) is 9.69 Å². The maximum Gasteiger partial charge on any atom is 0.410 e. The number of aliphatic hydroxyl groups excluding tert-OH is 1. The fraction of sp³-hybridized carbons (Fsp3) is 0.529. The Morgan fingerprint density at radius 1 is 1.39 bits per heavy atom. The molecule has 0 spiro atoms. The number of likely N-dealkylation sites (tertiary alicyclic amines) is 1. The van der Waals surface area contributed by atoms with Crippen LogP contribution in [-0.2, 0) is 9.53 Å². The zero-order valence-corrected chi connectivity index (χ0v) is 13.8. The fourth-order valence-corrected chi connectivity index (χ4v) is 2.51. The van der Waals surface area contributed by atoms with Gasteiger partial charge in [-0.25, -0.2) is 4.79 Å². The van der Waals surface area contributed by atoms with Gasteiger partial charge in [-0.15, -0.1) is 0 Å². The molecule has 2 amide bonds. The summed E-state index contributed by atoms with van der Waals surface area (Å²) in [4.78, 5) is 25.9. The van der Waals surface area contributed by atoms with Crippen molar-refractivity contribution < 1.29 is 19.4 Å². The molecule has 0 aliphatic carbocycles. The molecule has 1 aromatic rings. The lowest BCUT2D eigenvalue weighted by Crippen LogP contribution is -2.43. The maximum atomic E-state index is 12.5. The van der Waals surface area contributed by atoms with Gasteiger partial charge in [-0.1, -0.05) is 32.0 Å². The van der Waals surface area contributed by atoms with Gasteiger partial charge in [0.2, 0.25) is 5.91 Å². The minimum absolute atomic E-state index is 0.114. The molecule has 1 aliphatic rings. The van der Waals surface area contributed by atoms with Gasteiger partial charge in [0.15, 0.2) is 0 Å². The molecule has 0 aromatic heterocycles. The molecule has 0 radical (unpaired) electrons. The second kappa shape index (κ2) is 7.46. The van der Waals surface area contributed by atoms with Crippen LogP contribution in [0.25, 0.3) is 0 Å². The maximum absolute atomic E-state index is 12.5. The van der Waals surface area contributed by atoms with Crippen molar-refractivity contribution in [1.82, 2.24) is 4.90 Å². The Balaban J connectivity index is 2.05. The molecule has 0 saturated carbocycles. The number of aliphatic hydroxyl groups is 1. The van der Waals surface area contributed by atoms with E-state index in [4.69, 9.17) is 4.74 Å². The zero-order valence-electron chi connectivity index (χ0n) is 13.8. The van der Waals surface area contributed by atoms with Crippen molar-refractivity contribution >= 4 is 17.7 Å². The van der Waals surface area contributed by atoms with Crippen LogP contribution in [0.15, 0.2) is 24.3 Å². The summed E-state index contributed by atoms with van der Waals surface area (Å²) < 4.78 is 5.19. The number of rotatable bonds is 4. The lowest BCUT2D eigenvalue weighted by atomic mass is 10.1. The summed E-state index contributed by atoms with van der Waals surface area (Å²) in [7, 11) is 0. The third-order valence-corrected chi connectivity index (χ3v) is 3.76. The van der Waals surface area contributed by atoms with E-state index in [0.29, 0.717) is 5.69 Å². The van der Waals surface area contributed by atoms with E-state index >= 15 is 0 Å². The molecule has 1 aromatic carbocycles. The lowest BCUT2D eigenvalue weighted by molar-refractivity contribution is -0.120. The number of benzene rings is 1. The highest BCUT2D eigenvalue weighted by atomic mass is 16.6. The van der Waals surface area contributed by atoms with Gasteiger partial charge in [0.1, 0.15) is 6.04 Å². The van der Waals surface area contributed by atoms with Gasteiger partial charge in [0.05, 0.1) is 19.3 Å². The largest absolute Gasteiger partial charge is 0.449 e. The number of nitrogens with zero attached hydrogens (tertiary/aromatic N) is 1. The normalized spacial score (nSPS) is 20.7. The number of amides is 2. The molecular weight excluding hydrogens is 296 g/mol. The minimum Gasteiger partial charge on any atom is -0.449 e. The number of ether oxygens (including phenoxy) is 1. The van der Waals surface area contributed by atoms with E-state index in [0.717, 1.165) is 5.56 Å². The molecule has 1 aliphatic heterocycles. The molecule has 2 atom stereocenters. The average molecular weight is 320 g/mol. The average Bonchev–Trinajstić information content (AvgIpc) is 2.89. The van der Waals surface area contributed by atoms with E-state index in [1.165, 1.54) is 4.90 Å². The molecule has 0 bridgehead atoms. The van der Waals surface area contributed by atoms with Gasteiger partial charge >= 0.3 is 6.09 Å². The predicted octanol–water partition coefficient (Wildman–Crippen LogP) is 2.16. The molecule has 0 unspecified atom stereocenters. The van der Waals surface area contributed by atoms with E-state index in [1.54, 1.807) is 6.07 Å². The number of anilines is 1. The van der Waals surface area contributed by atoms with Crippen LogP contribution in [0.5, 0.6) is 0 Å². The van der Waals surface area contributed by atoms with Crippen molar-refractivity contribution in [3.63, 3.8) is 0 Å². The van der Waals surface area contributed by atoms with Crippen LogP contribution < -0.4 is 5.32 Å². The van der Waals surface area contributed by atoms with Crippen molar-refractivity contribution in [2.45, 2.75) is 39.3 Å². The number of carbonyl (C=O) groups excluding carboxylic acids is 2. The number of hydrogen-bond acceptors (Lipinski definition) is 4. The second-order valence-corrected chi connectivity index (χ2v) is 6.33. The molecule has 1 heterocycles. The van der Waals surface area contributed by atoms with Crippen LogP contribution in [0, 0.1) is 12.8 Å². The third-order valence-electron chi connectivity index (χ3n) is 3.76. The Morgan fingerprint density at radius 3 is 2.74 bits per heavy atom. The van der Waals surface area contributed by atoms with E-state index in [2.05, 4.69) is 5.32 Å². The van der Waals surface area contributed by atoms with Crippen LogP contribution in [0.3, 0.4) is 0 Å². The number of nitrogens with one attached hydrogen (secondary N) is 1. The topological polar surface area (TPSA) is 78.9 Å². The molecule has 23 heavy (non-hydrogen) atoms. The Labute approximate surface area is 136 Å². The van der Waals surface area contributed by atoms with Crippen LogP contribution in [0.1, 0.15) is 25.8 Å². The highest BCUT2D eigenvalue weighted by Gasteiger charge is 2.40. The van der Waals surface area contributed by atoms with Gasteiger partial charge in [-0.2, -0.15) is 0 Å². The van der Waals surface area contributed by atoms with Crippen molar-refractivity contribution in [1.29, 1.82) is 0 Å². The number of carbonyl (C=O) groups is 2. The number of β-amino-alcohol motifs (C(OH)–C–C–N with tert-alkyl or cyclic N) is 1. The molecule has 2 rings (SSSR count). The van der Waals surface area contributed by atoms with Gasteiger partial charge in [0.25, 0.3) is 0 Å². The van der Waals surface area contributed by atoms with Crippen LogP contribution in [0.4, 0.5) is 10.5 Å². The summed E-state index contributed by atoms with van der Waals surface area (Å²) in [6, 6.07) is 6.71. The lowest BCUT2D eigenvalue weighted by Gasteiger charge is -2.23. The fourth-order valence-electron chi connectivity index (χ4n) is 2.51. The Hall–Kier alpha value is -2.08. The highest BCUT2D eigenvalue weighted by molar-refractivity contribution is 5.97. The Morgan fingerprint density at radius 2 is 2.09 bits per heavy atom. The van der Waals surface area contributed by atoms with Gasteiger partial charge in [-0.05, 0) is 24.5 Å². The highest BCUT2D eigenvalue weighted by Crippen LogP contribution is 2.22. The van der Waals surface area contributed by atoms with E-state index in [-0.39, 0.29) is 31.4 Å². The molecule has 2 N–H and O–H groups in total. The first-order chi connectivity index (χ1) is 10.9. The first-order valence-corrected chi connectivity index (χ1v) is 7.86. The molecule has 1 fully saturated rings. The van der Waals surface area contributed by atoms with Crippen molar-refractivity contribution in [3.8, 4) is 0 Å². The SMILES string of the molecule is Cc1ccccc1NC(=O)[C@@H]1C[C@@H](O)CN1C(=O)OCC(C)C. The quantitative estimate of drug-likeness (QED) is 0.891. The molecular formula is C17H24N2O4. The number of hydrogen-bond donors (Lipinski definition) is 2. The van der Waals surface area contributed by atoms with E-state index < -0.39 is 18.2 Å². The summed E-state index contributed by atoms with van der Waals surface area (Å²) in [5.74, 6) is -0.0944. The van der Waals surface area contributed by atoms with E-state index in [1.807, 2.05) is 39.0 Å². The zero-order chi connectivity index (χ0) is 17.0. The summed E-state index contributed by atoms with van der Waals surface area (Å²) in [6.07, 6.45) is -1.05. The second-order valence-electron chi connectivity index (χ2n) is 6.33. The number of aryl methyl sites for hydroxylation is 1. The first kappa shape index (κ1) is 17.3. The van der Waals surface area contributed by atoms with Crippen LogP contribution in [-0.4, -0.2) is 47.3 Å². The van der Waals surface area contributed by atoms with Crippen LogP contribution in [0.2, 0.25) is 0 Å². The molecule has 1 saturated heterocycles. The summed E-state index contributed by atoms with van der Waals surface area (Å²) >= 11 is 0. The smallest absolute Gasteiger partial charge is 0.410 e. The monoisotopic (exact) mass is 320 g/mol. The molecule has 6 heteroatoms. The first-order valence-electron chi connectivity index (χ1n) is 7.86.